The lowest BCUT2D eigenvalue weighted by atomic mass is 9.52. The lowest BCUT2D eigenvalue weighted by Crippen LogP contribution is -2.60. The number of halogens is 3. The Morgan fingerprint density at radius 3 is 2.39 bits per heavy atom. The van der Waals surface area contributed by atoms with Gasteiger partial charge in [-0.05, 0) is 73.8 Å². The van der Waals surface area contributed by atoms with Gasteiger partial charge in [0.2, 0.25) is 5.91 Å². The second-order valence-corrected chi connectivity index (χ2v) is 11.2. The first kappa shape index (κ1) is 21.2. The van der Waals surface area contributed by atoms with Crippen molar-refractivity contribution in [2.24, 2.45) is 17.8 Å². The van der Waals surface area contributed by atoms with Gasteiger partial charge in [0.05, 0.1) is 16.3 Å². The molecule has 0 N–H and O–H groups in total. The molecule has 0 aliphatic heterocycles. The summed E-state index contributed by atoms with van der Waals surface area (Å²) in [4.78, 5) is 23.6. The van der Waals surface area contributed by atoms with Crippen LogP contribution in [0.5, 0.6) is 0 Å². The summed E-state index contributed by atoms with van der Waals surface area (Å²) in [5.74, 6) is 2.15. The number of alkyl halides is 3. The third-order valence-electron chi connectivity index (χ3n) is 7.19. The lowest BCUT2D eigenvalue weighted by Gasteiger charge is -2.59. The summed E-state index contributed by atoms with van der Waals surface area (Å²) in [6.45, 7) is 0. The maximum atomic E-state index is 13.4. The number of carbonyl (C=O) groups excluding carboxylic acids is 1. The lowest BCUT2D eigenvalue weighted by molar-refractivity contribution is -0.144. The first-order chi connectivity index (χ1) is 14.7. The van der Waals surface area contributed by atoms with Crippen molar-refractivity contribution in [3.05, 3.63) is 29.3 Å². The zero-order valence-corrected chi connectivity index (χ0v) is 18.8. The highest BCUT2D eigenvalue weighted by Gasteiger charge is 2.53. The molecule has 31 heavy (non-hydrogen) atoms. The molecule has 1 amide bonds. The Hall–Kier alpha value is -1.61. The van der Waals surface area contributed by atoms with E-state index < -0.39 is 11.9 Å². The Kier molecular flexibility index (Phi) is 5.32. The van der Waals surface area contributed by atoms with Gasteiger partial charge in [0.1, 0.15) is 5.69 Å². The van der Waals surface area contributed by atoms with Crippen LogP contribution in [0.25, 0.3) is 10.6 Å². The number of hydrogen-bond donors (Lipinski definition) is 0. The van der Waals surface area contributed by atoms with Crippen LogP contribution in [0.4, 0.5) is 13.2 Å². The quantitative estimate of drug-likeness (QED) is 0.415. The van der Waals surface area contributed by atoms with E-state index in [-0.39, 0.29) is 28.0 Å². The molecule has 4 bridgehead atoms. The average molecular weight is 468 g/mol. The van der Waals surface area contributed by atoms with E-state index in [9.17, 15) is 18.0 Å². The fourth-order valence-corrected chi connectivity index (χ4v) is 7.61. The zero-order chi connectivity index (χ0) is 21.8. The molecule has 4 nitrogen and oxygen atoms in total. The number of carbonyl (C=O) groups is 1. The van der Waals surface area contributed by atoms with Crippen molar-refractivity contribution in [2.45, 2.75) is 55.4 Å². The first-order valence-corrected chi connectivity index (χ1v) is 12.5. The van der Waals surface area contributed by atoms with Crippen LogP contribution >= 0.6 is 23.1 Å². The first-order valence-electron chi connectivity index (χ1n) is 10.6. The van der Waals surface area contributed by atoms with Gasteiger partial charge >= 0.3 is 6.18 Å². The van der Waals surface area contributed by atoms with Gasteiger partial charge in [0.25, 0.3) is 0 Å². The van der Waals surface area contributed by atoms with Crippen LogP contribution in [-0.2, 0) is 11.0 Å². The van der Waals surface area contributed by atoms with Gasteiger partial charge in [-0.15, -0.1) is 11.3 Å². The molecule has 2 aromatic heterocycles. The molecule has 0 radical (unpaired) electrons. The topological polar surface area (TPSA) is 46.1 Å². The van der Waals surface area contributed by atoms with E-state index in [0.29, 0.717) is 22.6 Å². The fraction of sp³-hybridized carbons (Fsp3) is 0.591. The van der Waals surface area contributed by atoms with Crippen LogP contribution < -0.4 is 0 Å². The predicted octanol–water partition coefficient (Wildman–Crippen LogP) is 5.74. The van der Waals surface area contributed by atoms with Crippen LogP contribution in [0.2, 0.25) is 0 Å². The van der Waals surface area contributed by atoms with Gasteiger partial charge in [0, 0.05) is 12.6 Å². The molecule has 166 valence electrons. The van der Waals surface area contributed by atoms with Gasteiger partial charge < -0.3 is 4.90 Å². The van der Waals surface area contributed by atoms with Crippen molar-refractivity contribution in [3.8, 4) is 10.6 Å². The molecule has 4 aliphatic rings. The van der Waals surface area contributed by atoms with E-state index in [4.69, 9.17) is 0 Å². The SMILES string of the molecule is CN(C(=O)CSc1nc(-c2cccs2)cc(C(F)(F)F)n1)C12CC3CC(CC(C3)C1)C2. The van der Waals surface area contributed by atoms with Crippen LogP contribution in [0.3, 0.4) is 0 Å². The normalized spacial score (nSPS) is 29.4. The summed E-state index contributed by atoms with van der Waals surface area (Å²) in [6, 6.07) is 4.47. The van der Waals surface area contributed by atoms with Crippen molar-refractivity contribution in [2.75, 3.05) is 12.8 Å². The second-order valence-electron chi connectivity index (χ2n) is 9.28. The van der Waals surface area contributed by atoms with Crippen LogP contribution in [-0.4, -0.2) is 39.1 Å². The highest BCUT2D eigenvalue weighted by atomic mass is 32.2. The summed E-state index contributed by atoms with van der Waals surface area (Å²) in [5, 5.41) is 1.78. The standard InChI is InChI=1S/C22H24F3N3OS2/c1-28(21-9-13-5-14(10-21)7-15(6-13)11-21)19(29)12-31-20-26-16(17-3-2-4-30-17)8-18(27-20)22(23,24)25/h2-4,8,13-15H,5-7,9-12H2,1H3. The molecule has 2 heterocycles. The summed E-state index contributed by atoms with van der Waals surface area (Å²) in [5.41, 5.74) is -0.805. The van der Waals surface area contributed by atoms with E-state index in [1.165, 1.54) is 30.6 Å². The number of thiophene rings is 1. The Bertz CT molecular complexity index is 942. The van der Waals surface area contributed by atoms with E-state index >= 15 is 0 Å². The van der Waals surface area contributed by atoms with Gasteiger partial charge in [0.15, 0.2) is 5.16 Å². The van der Waals surface area contributed by atoms with Crippen molar-refractivity contribution in [1.29, 1.82) is 0 Å². The predicted molar refractivity (Wildman–Crippen MR) is 115 cm³/mol. The van der Waals surface area contributed by atoms with E-state index in [1.807, 2.05) is 11.9 Å². The maximum absolute atomic E-state index is 13.4. The molecular weight excluding hydrogens is 443 g/mol. The Balaban J connectivity index is 1.32. The number of rotatable bonds is 5. The smallest absolute Gasteiger partial charge is 0.339 e. The fourth-order valence-electron chi connectivity index (χ4n) is 6.15. The summed E-state index contributed by atoms with van der Waals surface area (Å²) in [6.07, 6.45) is 2.50. The number of aromatic nitrogens is 2. The zero-order valence-electron chi connectivity index (χ0n) is 17.2. The van der Waals surface area contributed by atoms with Crippen LogP contribution in [0.1, 0.15) is 44.2 Å². The van der Waals surface area contributed by atoms with Gasteiger partial charge in [-0.1, -0.05) is 17.8 Å². The van der Waals surface area contributed by atoms with Crippen molar-refractivity contribution < 1.29 is 18.0 Å². The number of nitrogens with zero attached hydrogens (tertiary/aromatic N) is 3. The number of amides is 1. The Morgan fingerprint density at radius 1 is 1.19 bits per heavy atom. The molecule has 0 saturated heterocycles. The highest BCUT2D eigenvalue weighted by Crippen LogP contribution is 2.57. The third-order valence-corrected chi connectivity index (χ3v) is 8.91. The van der Waals surface area contributed by atoms with Gasteiger partial charge in [-0.3, -0.25) is 4.79 Å². The summed E-state index contributed by atoms with van der Waals surface area (Å²) >= 11 is 2.32. The molecule has 0 unspecified atom stereocenters. The Labute approximate surface area is 187 Å². The van der Waals surface area contributed by atoms with E-state index in [0.717, 1.165) is 37.1 Å². The number of thioether (sulfide) groups is 1. The molecule has 0 spiro atoms. The maximum Gasteiger partial charge on any atom is 0.433 e. The van der Waals surface area contributed by atoms with Crippen molar-refractivity contribution >= 4 is 29.0 Å². The minimum Gasteiger partial charge on any atom is -0.339 e. The van der Waals surface area contributed by atoms with Gasteiger partial charge in [-0.2, -0.15) is 13.2 Å². The summed E-state index contributed by atoms with van der Waals surface area (Å²) in [7, 11) is 1.88. The molecule has 4 aliphatic carbocycles. The molecule has 9 heteroatoms. The van der Waals surface area contributed by atoms with E-state index in [2.05, 4.69) is 9.97 Å². The monoisotopic (exact) mass is 467 g/mol. The molecule has 0 atom stereocenters. The highest BCUT2D eigenvalue weighted by molar-refractivity contribution is 7.99. The minimum atomic E-state index is -4.57. The summed E-state index contributed by atoms with van der Waals surface area (Å²) < 4.78 is 40.1. The Morgan fingerprint density at radius 2 is 1.84 bits per heavy atom. The van der Waals surface area contributed by atoms with Crippen molar-refractivity contribution in [3.63, 3.8) is 0 Å². The van der Waals surface area contributed by atoms with Crippen LogP contribution in [0, 0.1) is 17.8 Å². The largest absolute Gasteiger partial charge is 0.433 e. The van der Waals surface area contributed by atoms with Gasteiger partial charge in [-0.25, -0.2) is 9.97 Å². The molecule has 2 aromatic rings. The molecule has 0 aromatic carbocycles. The van der Waals surface area contributed by atoms with Crippen LogP contribution in [0.15, 0.2) is 28.7 Å². The molecule has 4 fully saturated rings. The number of hydrogen-bond acceptors (Lipinski definition) is 5. The van der Waals surface area contributed by atoms with Crippen molar-refractivity contribution in [1.82, 2.24) is 14.9 Å². The molecular formula is C22H24F3N3OS2. The minimum absolute atomic E-state index is 0.00881. The second kappa shape index (κ2) is 7.76. The molecule has 4 saturated carbocycles. The molecule has 6 rings (SSSR count). The van der Waals surface area contributed by atoms with E-state index in [1.54, 1.807) is 17.5 Å². The third kappa shape index (κ3) is 4.11. The average Bonchev–Trinajstić information content (AvgIpc) is 3.24.